The molecule has 1 aliphatic heterocycles. The molecule has 2 aromatic rings. The number of aryl methyl sites for hydroxylation is 1. The molecule has 0 spiro atoms. The third-order valence-electron chi connectivity index (χ3n) is 8.31. The molecule has 1 atom stereocenters. The van der Waals surface area contributed by atoms with Crippen LogP contribution in [-0.4, -0.2) is 44.8 Å². The first kappa shape index (κ1) is 23.9. The highest BCUT2D eigenvalue weighted by atomic mass is 16.2. The summed E-state index contributed by atoms with van der Waals surface area (Å²) in [5, 5.41) is 7.15. The molecule has 5 rings (SSSR count). The van der Waals surface area contributed by atoms with Crippen LogP contribution in [0.5, 0.6) is 0 Å². The van der Waals surface area contributed by atoms with Crippen molar-refractivity contribution in [1.29, 1.82) is 0 Å². The van der Waals surface area contributed by atoms with Crippen molar-refractivity contribution < 1.29 is 14.4 Å². The van der Waals surface area contributed by atoms with Gasteiger partial charge in [-0.15, -0.1) is 0 Å². The Hall–Kier alpha value is -2.83. The average molecular weight is 479 g/mol. The molecule has 2 heterocycles. The van der Waals surface area contributed by atoms with E-state index in [1.807, 2.05) is 41.5 Å². The number of rotatable bonds is 4. The minimum atomic E-state index is -0.990. The van der Waals surface area contributed by atoms with E-state index in [-0.39, 0.29) is 29.8 Å². The predicted molar refractivity (Wildman–Crippen MR) is 137 cm³/mol. The van der Waals surface area contributed by atoms with Crippen molar-refractivity contribution in [3.63, 3.8) is 0 Å². The highest BCUT2D eigenvalue weighted by molar-refractivity contribution is 6.14. The van der Waals surface area contributed by atoms with Gasteiger partial charge in [0.25, 0.3) is 5.91 Å². The van der Waals surface area contributed by atoms with Crippen LogP contribution in [0.15, 0.2) is 18.2 Å². The number of amides is 3. The first-order valence-electron chi connectivity index (χ1n) is 13.3. The first-order chi connectivity index (χ1) is 16.8. The standard InChI is InChI=1S/C28H38N4O3/c1-18-14-15-23-22(16-18)24(29-19(2)33)25-26(34)32(21-12-8-9-13-21)28(3,17-31(23)25)27(35)30-20-10-6-4-5-7-11-20/h14-16,20-21H,4-13,17H2,1-3H3,(H,29,33)(H,30,35)/t28-/m0/s1. The van der Waals surface area contributed by atoms with Gasteiger partial charge < -0.3 is 20.1 Å². The monoisotopic (exact) mass is 478 g/mol. The molecule has 2 fully saturated rings. The number of aromatic nitrogens is 1. The van der Waals surface area contributed by atoms with Gasteiger partial charge in [-0.05, 0) is 51.7 Å². The van der Waals surface area contributed by atoms with Crippen LogP contribution in [0, 0.1) is 6.92 Å². The van der Waals surface area contributed by atoms with E-state index in [9.17, 15) is 14.4 Å². The van der Waals surface area contributed by atoms with Crippen LogP contribution < -0.4 is 10.6 Å². The fourth-order valence-corrected chi connectivity index (χ4v) is 6.56. The van der Waals surface area contributed by atoms with Gasteiger partial charge in [0.05, 0.1) is 17.7 Å². The minimum absolute atomic E-state index is 0.0334. The summed E-state index contributed by atoms with van der Waals surface area (Å²) in [5.74, 6) is -0.411. The number of nitrogens with one attached hydrogen (secondary N) is 2. The Morgan fingerprint density at radius 1 is 1.00 bits per heavy atom. The number of anilines is 1. The third-order valence-corrected chi connectivity index (χ3v) is 8.31. The summed E-state index contributed by atoms with van der Waals surface area (Å²) >= 11 is 0. The largest absolute Gasteiger partial charge is 0.351 e. The molecule has 188 valence electrons. The number of fused-ring (bicyclic) bond motifs is 3. The molecule has 1 aromatic carbocycles. The van der Waals surface area contributed by atoms with E-state index in [2.05, 4.69) is 10.6 Å². The summed E-state index contributed by atoms with van der Waals surface area (Å²) in [4.78, 5) is 42.3. The number of nitrogens with zero attached hydrogens (tertiary/aromatic N) is 2. The molecule has 2 N–H and O–H groups in total. The second-order valence-corrected chi connectivity index (χ2v) is 11.1. The molecule has 0 unspecified atom stereocenters. The van der Waals surface area contributed by atoms with Crippen LogP contribution in [-0.2, 0) is 16.1 Å². The van der Waals surface area contributed by atoms with Crippen molar-refractivity contribution in [3.8, 4) is 0 Å². The van der Waals surface area contributed by atoms with E-state index in [1.54, 1.807) is 0 Å². The fourth-order valence-electron chi connectivity index (χ4n) is 6.56. The number of hydrogen-bond acceptors (Lipinski definition) is 3. The Kier molecular flexibility index (Phi) is 6.36. The lowest BCUT2D eigenvalue weighted by Gasteiger charge is -2.47. The van der Waals surface area contributed by atoms with E-state index in [4.69, 9.17) is 0 Å². The molecular formula is C28H38N4O3. The Bertz CT molecular complexity index is 1150. The highest BCUT2D eigenvalue weighted by Crippen LogP contribution is 2.42. The second kappa shape index (κ2) is 9.32. The topological polar surface area (TPSA) is 83.4 Å². The van der Waals surface area contributed by atoms with E-state index in [1.165, 1.54) is 19.8 Å². The maximum atomic E-state index is 14.3. The minimum Gasteiger partial charge on any atom is -0.351 e. The number of hydrogen-bond donors (Lipinski definition) is 2. The van der Waals surface area contributed by atoms with Crippen molar-refractivity contribution in [1.82, 2.24) is 14.8 Å². The molecule has 0 saturated heterocycles. The van der Waals surface area contributed by atoms with Crippen LogP contribution in [0.2, 0.25) is 0 Å². The van der Waals surface area contributed by atoms with E-state index < -0.39 is 5.54 Å². The van der Waals surface area contributed by atoms with Gasteiger partial charge in [0, 0.05) is 24.4 Å². The zero-order chi connectivity index (χ0) is 24.7. The molecule has 1 aromatic heterocycles. The molecular weight excluding hydrogens is 440 g/mol. The van der Waals surface area contributed by atoms with Crippen LogP contribution in [0.25, 0.3) is 10.9 Å². The van der Waals surface area contributed by atoms with Gasteiger partial charge in [-0.25, -0.2) is 0 Å². The molecule has 2 aliphatic carbocycles. The molecule has 35 heavy (non-hydrogen) atoms. The molecule has 0 radical (unpaired) electrons. The van der Waals surface area contributed by atoms with Gasteiger partial charge in [0.1, 0.15) is 11.2 Å². The maximum Gasteiger partial charge on any atom is 0.273 e. The Morgan fingerprint density at radius 3 is 2.31 bits per heavy atom. The molecule has 2 saturated carbocycles. The lowest BCUT2D eigenvalue weighted by atomic mass is 9.91. The molecule has 3 aliphatic rings. The van der Waals surface area contributed by atoms with E-state index >= 15 is 0 Å². The first-order valence-corrected chi connectivity index (χ1v) is 13.3. The number of carbonyl (C=O) groups excluding carboxylic acids is 3. The number of carbonyl (C=O) groups is 3. The van der Waals surface area contributed by atoms with E-state index in [0.717, 1.165) is 67.8 Å². The lowest BCUT2D eigenvalue weighted by Crippen LogP contribution is -2.67. The van der Waals surface area contributed by atoms with Gasteiger partial charge in [0.2, 0.25) is 11.8 Å². The van der Waals surface area contributed by atoms with Gasteiger partial charge in [0.15, 0.2) is 0 Å². The van der Waals surface area contributed by atoms with Gasteiger partial charge >= 0.3 is 0 Å². The second-order valence-electron chi connectivity index (χ2n) is 11.1. The SMILES string of the molecule is CC(=O)Nc1c2n(c3ccc(C)cc13)C[C@@](C)(C(=O)NC1CCCCCC1)N(C1CCCC1)C2=O. The summed E-state index contributed by atoms with van der Waals surface area (Å²) in [6.45, 7) is 5.79. The van der Waals surface area contributed by atoms with E-state index in [0.29, 0.717) is 17.9 Å². The molecule has 7 heteroatoms. The van der Waals surface area contributed by atoms with Crippen LogP contribution in [0.3, 0.4) is 0 Å². The zero-order valence-corrected chi connectivity index (χ0v) is 21.3. The summed E-state index contributed by atoms with van der Waals surface area (Å²) in [6.07, 6.45) is 10.7. The van der Waals surface area contributed by atoms with Crippen LogP contribution >= 0.6 is 0 Å². The lowest BCUT2D eigenvalue weighted by molar-refractivity contribution is -0.135. The molecule has 0 bridgehead atoms. The summed E-state index contributed by atoms with van der Waals surface area (Å²) in [7, 11) is 0. The smallest absolute Gasteiger partial charge is 0.273 e. The molecule has 7 nitrogen and oxygen atoms in total. The van der Waals surface area contributed by atoms with Crippen LogP contribution in [0.1, 0.15) is 94.1 Å². The average Bonchev–Trinajstić information content (AvgIpc) is 3.33. The van der Waals surface area contributed by atoms with Gasteiger partial charge in [-0.1, -0.05) is 50.2 Å². The normalized spacial score (nSPS) is 23.9. The zero-order valence-electron chi connectivity index (χ0n) is 21.3. The third kappa shape index (κ3) is 4.23. The summed E-state index contributed by atoms with van der Waals surface area (Å²) in [5.41, 5.74) is 2.00. The summed E-state index contributed by atoms with van der Waals surface area (Å²) in [6, 6.07) is 6.24. The quantitative estimate of drug-likeness (QED) is 0.613. The Balaban J connectivity index is 1.61. The Morgan fingerprint density at radius 2 is 1.66 bits per heavy atom. The maximum absolute atomic E-state index is 14.3. The predicted octanol–water partition coefficient (Wildman–Crippen LogP) is 4.90. The van der Waals surface area contributed by atoms with Crippen molar-refractivity contribution in [2.45, 2.75) is 109 Å². The van der Waals surface area contributed by atoms with Crippen molar-refractivity contribution in [3.05, 3.63) is 29.5 Å². The van der Waals surface area contributed by atoms with Crippen molar-refractivity contribution >= 4 is 34.3 Å². The van der Waals surface area contributed by atoms with Crippen LogP contribution in [0.4, 0.5) is 5.69 Å². The summed E-state index contributed by atoms with van der Waals surface area (Å²) < 4.78 is 1.97. The highest BCUT2D eigenvalue weighted by Gasteiger charge is 2.52. The fraction of sp³-hybridized carbons (Fsp3) is 0.607. The number of benzene rings is 1. The van der Waals surface area contributed by atoms with Crippen molar-refractivity contribution in [2.75, 3.05) is 5.32 Å². The van der Waals surface area contributed by atoms with Crippen molar-refractivity contribution in [2.24, 2.45) is 0 Å². The molecule has 3 amide bonds. The van der Waals surface area contributed by atoms with Gasteiger partial charge in [-0.2, -0.15) is 0 Å². The van der Waals surface area contributed by atoms with Gasteiger partial charge in [-0.3, -0.25) is 14.4 Å². The Labute approximate surface area is 207 Å².